The minimum atomic E-state index is -0.0536. The Kier molecular flexibility index (Phi) is 6.01. The molecule has 1 aliphatic rings. The van der Waals surface area contributed by atoms with E-state index < -0.39 is 0 Å². The summed E-state index contributed by atoms with van der Waals surface area (Å²) in [7, 11) is 0. The molecular formula is C12H19N3O2S3. The molecule has 0 radical (unpaired) electrons. The zero-order valence-corrected chi connectivity index (χ0v) is 14.2. The maximum atomic E-state index is 11.7. The van der Waals surface area contributed by atoms with E-state index >= 15 is 0 Å². The Labute approximate surface area is 132 Å². The summed E-state index contributed by atoms with van der Waals surface area (Å²) in [6.45, 7) is 4.80. The Morgan fingerprint density at radius 1 is 1.55 bits per heavy atom. The van der Waals surface area contributed by atoms with Gasteiger partial charge in [0.05, 0.1) is 19.2 Å². The molecule has 0 amide bonds. The van der Waals surface area contributed by atoms with Crippen LogP contribution in [0.25, 0.3) is 0 Å². The van der Waals surface area contributed by atoms with Crippen molar-refractivity contribution in [3.8, 4) is 0 Å². The van der Waals surface area contributed by atoms with Gasteiger partial charge in [-0.05, 0) is 38.2 Å². The van der Waals surface area contributed by atoms with Crippen LogP contribution in [0.1, 0.15) is 19.8 Å². The van der Waals surface area contributed by atoms with Gasteiger partial charge in [0.15, 0.2) is 8.29 Å². The van der Waals surface area contributed by atoms with Crippen molar-refractivity contribution in [2.75, 3.05) is 26.0 Å². The second-order valence-electron chi connectivity index (χ2n) is 4.62. The topological polar surface area (TPSA) is 47.4 Å². The van der Waals surface area contributed by atoms with Crippen molar-refractivity contribution in [1.29, 1.82) is 0 Å². The van der Waals surface area contributed by atoms with Gasteiger partial charge in [-0.2, -0.15) is 5.10 Å². The van der Waals surface area contributed by atoms with Crippen LogP contribution in [0.4, 0.5) is 0 Å². The third-order valence-electron chi connectivity index (χ3n) is 3.30. The van der Waals surface area contributed by atoms with Crippen molar-refractivity contribution in [1.82, 2.24) is 14.7 Å². The number of rotatable bonds is 5. The second-order valence-corrected chi connectivity index (χ2v) is 7.30. The molecule has 0 bridgehead atoms. The highest BCUT2D eigenvalue weighted by molar-refractivity contribution is 8.00. The van der Waals surface area contributed by atoms with Crippen LogP contribution in [0.3, 0.4) is 0 Å². The molecule has 2 rings (SSSR count). The molecule has 20 heavy (non-hydrogen) atoms. The van der Waals surface area contributed by atoms with E-state index in [0.717, 1.165) is 34.2 Å². The number of esters is 1. The van der Waals surface area contributed by atoms with Gasteiger partial charge in [-0.25, -0.2) is 4.68 Å². The number of ether oxygens (including phenoxy) is 1. The largest absolute Gasteiger partial charge is 0.466 e. The average molecular weight is 334 g/mol. The summed E-state index contributed by atoms with van der Waals surface area (Å²) in [5.41, 5.74) is 0. The van der Waals surface area contributed by atoms with Crippen molar-refractivity contribution in [2.24, 2.45) is 5.92 Å². The van der Waals surface area contributed by atoms with Gasteiger partial charge in [-0.1, -0.05) is 23.1 Å². The van der Waals surface area contributed by atoms with Crippen LogP contribution in [0.15, 0.2) is 4.34 Å². The second kappa shape index (κ2) is 7.53. The molecule has 1 aromatic heterocycles. The molecule has 5 nitrogen and oxygen atoms in total. The van der Waals surface area contributed by atoms with Crippen LogP contribution in [0.2, 0.25) is 0 Å². The zero-order chi connectivity index (χ0) is 14.5. The minimum Gasteiger partial charge on any atom is -0.466 e. The zero-order valence-electron chi connectivity index (χ0n) is 11.7. The predicted molar refractivity (Wildman–Crippen MR) is 83.6 cm³/mol. The van der Waals surface area contributed by atoms with Crippen LogP contribution in [-0.4, -0.2) is 46.6 Å². The average Bonchev–Trinajstić information content (AvgIpc) is 2.80. The summed E-state index contributed by atoms with van der Waals surface area (Å²) >= 11 is 8.47. The molecule has 0 N–H and O–H groups in total. The van der Waals surface area contributed by atoms with Crippen molar-refractivity contribution in [3.63, 3.8) is 0 Å². The van der Waals surface area contributed by atoms with E-state index in [-0.39, 0.29) is 11.9 Å². The molecule has 0 saturated carbocycles. The summed E-state index contributed by atoms with van der Waals surface area (Å²) in [6, 6.07) is 0. The maximum Gasteiger partial charge on any atom is 0.309 e. The van der Waals surface area contributed by atoms with Gasteiger partial charge in [0, 0.05) is 13.1 Å². The Bertz CT molecular complexity index is 506. The van der Waals surface area contributed by atoms with Crippen LogP contribution in [0.5, 0.6) is 0 Å². The van der Waals surface area contributed by atoms with E-state index in [1.54, 1.807) is 23.1 Å². The molecule has 0 unspecified atom stereocenters. The lowest BCUT2D eigenvalue weighted by Gasteiger charge is -2.30. The monoisotopic (exact) mass is 333 g/mol. The van der Waals surface area contributed by atoms with Gasteiger partial charge in [-0.15, -0.1) is 0 Å². The molecule has 0 atom stereocenters. The first-order valence-electron chi connectivity index (χ1n) is 6.65. The number of carbonyl (C=O) groups is 1. The summed E-state index contributed by atoms with van der Waals surface area (Å²) < 4.78 is 8.75. The van der Waals surface area contributed by atoms with Crippen molar-refractivity contribution < 1.29 is 9.53 Å². The number of hydrogen-bond donors (Lipinski definition) is 0. The molecule has 8 heteroatoms. The van der Waals surface area contributed by atoms with Gasteiger partial charge in [0.25, 0.3) is 0 Å². The lowest BCUT2D eigenvalue weighted by Crippen LogP contribution is -2.38. The first-order chi connectivity index (χ1) is 9.63. The van der Waals surface area contributed by atoms with E-state index in [4.69, 9.17) is 17.0 Å². The van der Waals surface area contributed by atoms with Gasteiger partial charge in [-0.3, -0.25) is 9.69 Å². The lowest BCUT2D eigenvalue weighted by molar-refractivity contribution is -0.149. The van der Waals surface area contributed by atoms with Crippen molar-refractivity contribution in [2.45, 2.75) is 30.8 Å². The molecular weight excluding hydrogens is 314 g/mol. The predicted octanol–water partition coefficient (Wildman–Crippen LogP) is 2.63. The minimum absolute atomic E-state index is 0.0522. The van der Waals surface area contributed by atoms with E-state index in [1.165, 1.54) is 0 Å². The third-order valence-corrected chi connectivity index (χ3v) is 5.59. The van der Waals surface area contributed by atoms with Crippen molar-refractivity contribution >= 4 is 41.3 Å². The normalized spacial score (nSPS) is 17.3. The SMILES string of the molecule is CCOC(=O)C1CCN(Cn2nc(SC)sc2=S)CC1. The summed E-state index contributed by atoms with van der Waals surface area (Å²) in [5.74, 6) is -0.00143. The standard InChI is InChI=1S/C12H19N3O2S3/c1-3-17-10(16)9-4-6-14(7-5-9)8-15-12(18)20-11(13-15)19-2/h9H,3-8H2,1-2H3. The molecule has 0 aliphatic carbocycles. The highest BCUT2D eigenvalue weighted by Crippen LogP contribution is 2.22. The van der Waals surface area contributed by atoms with Gasteiger partial charge in [0.1, 0.15) is 0 Å². The van der Waals surface area contributed by atoms with Gasteiger partial charge >= 0.3 is 5.97 Å². The van der Waals surface area contributed by atoms with Crippen LogP contribution in [0, 0.1) is 9.87 Å². The summed E-state index contributed by atoms with van der Waals surface area (Å²) in [4.78, 5) is 14.0. The Hall–Kier alpha value is -0.440. The summed E-state index contributed by atoms with van der Waals surface area (Å²) in [6.07, 6.45) is 3.71. The van der Waals surface area contributed by atoms with Crippen LogP contribution in [-0.2, 0) is 16.2 Å². The number of thioether (sulfide) groups is 1. The first-order valence-corrected chi connectivity index (χ1v) is 9.10. The molecule has 1 fully saturated rings. The fourth-order valence-corrected chi connectivity index (χ4v) is 3.96. The quantitative estimate of drug-likeness (QED) is 0.469. The van der Waals surface area contributed by atoms with Crippen LogP contribution >= 0.6 is 35.3 Å². The molecule has 0 aromatic carbocycles. The number of carbonyl (C=O) groups excluding carboxylic acids is 1. The Balaban J connectivity index is 1.86. The Morgan fingerprint density at radius 3 is 2.80 bits per heavy atom. The van der Waals surface area contributed by atoms with E-state index in [0.29, 0.717) is 13.3 Å². The summed E-state index contributed by atoms with van der Waals surface area (Å²) in [5, 5.41) is 4.47. The van der Waals surface area contributed by atoms with Gasteiger partial charge in [0.2, 0.25) is 0 Å². The highest BCUT2D eigenvalue weighted by atomic mass is 32.2. The smallest absolute Gasteiger partial charge is 0.309 e. The highest BCUT2D eigenvalue weighted by Gasteiger charge is 2.26. The van der Waals surface area contributed by atoms with E-state index in [1.807, 2.05) is 17.9 Å². The molecule has 2 heterocycles. The molecule has 0 spiro atoms. The number of piperidine rings is 1. The molecule has 1 saturated heterocycles. The van der Waals surface area contributed by atoms with E-state index in [2.05, 4.69) is 10.00 Å². The van der Waals surface area contributed by atoms with Gasteiger partial charge < -0.3 is 4.74 Å². The number of likely N-dealkylation sites (tertiary alicyclic amines) is 1. The lowest BCUT2D eigenvalue weighted by atomic mass is 9.97. The number of aromatic nitrogens is 2. The van der Waals surface area contributed by atoms with E-state index in [9.17, 15) is 4.79 Å². The molecule has 112 valence electrons. The fraction of sp³-hybridized carbons (Fsp3) is 0.750. The third kappa shape index (κ3) is 4.03. The maximum absolute atomic E-state index is 11.7. The molecule has 1 aliphatic heterocycles. The first kappa shape index (κ1) is 15.9. The Morgan fingerprint density at radius 2 is 2.25 bits per heavy atom. The van der Waals surface area contributed by atoms with Crippen molar-refractivity contribution in [3.05, 3.63) is 3.95 Å². The molecule has 1 aromatic rings. The van der Waals surface area contributed by atoms with Crippen LogP contribution < -0.4 is 0 Å². The fourth-order valence-electron chi connectivity index (χ4n) is 2.22. The number of nitrogens with zero attached hydrogens (tertiary/aromatic N) is 3. The number of hydrogen-bond acceptors (Lipinski definition) is 7.